The third-order valence-electron chi connectivity index (χ3n) is 3.17. The van der Waals surface area contributed by atoms with Crippen molar-refractivity contribution in [2.24, 2.45) is 0 Å². The lowest BCUT2D eigenvalue weighted by Crippen LogP contribution is -2.10. The molecule has 1 unspecified atom stereocenters. The van der Waals surface area contributed by atoms with Gasteiger partial charge in [0.2, 0.25) is 0 Å². The van der Waals surface area contributed by atoms with Gasteiger partial charge in [0.05, 0.1) is 5.52 Å². The zero-order valence-corrected chi connectivity index (χ0v) is 10.9. The van der Waals surface area contributed by atoms with Crippen molar-refractivity contribution in [3.05, 3.63) is 72.4 Å². The molecule has 0 saturated heterocycles. The van der Waals surface area contributed by atoms with E-state index < -0.39 is 6.10 Å². The van der Waals surface area contributed by atoms with Crippen LogP contribution in [0.4, 0.5) is 0 Å². The highest BCUT2D eigenvalue weighted by atomic mass is 16.5. The molecule has 0 bridgehead atoms. The minimum atomic E-state index is -0.700. The van der Waals surface area contributed by atoms with Crippen LogP contribution in [0.1, 0.15) is 11.7 Å². The van der Waals surface area contributed by atoms with E-state index in [-0.39, 0.29) is 6.61 Å². The normalized spacial score (nSPS) is 12.2. The molecule has 0 amide bonds. The molecule has 0 saturated carbocycles. The Kier molecular flexibility index (Phi) is 3.61. The van der Waals surface area contributed by atoms with Gasteiger partial charge < -0.3 is 9.84 Å². The summed E-state index contributed by atoms with van der Waals surface area (Å²) < 4.78 is 5.59. The average Bonchev–Trinajstić information content (AvgIpc) is 2.53. The standard InChI is InChI=1S/C17H15NO2/c19-16(12-20-14-8-2-1-3-9-14)15-10-4-6-13-7-5-11-18-17(13)15/h1-11,16,19H,12H2. The molecule has 0 spiro atoms. The summed E-state index contributed by atoms with van der Waals surface area (Å²) in [4.78, 5) is 4.34. The molecule has 20 heavy (non-hydrogen) atoms. The molecule has 0 aliphatic carbocycles. The van der Waals surface area contributed by atoms with Gasteiger partial charge in [0.15, 0.2) is 0 Å². The number of hydrogen-bond acceptors (Lipinski definition) is 3. The second-order valence-corrected chi connectivity index (χ2v) is 4.56. The van der Waals surface area contributed by atoms with Crippen LogP contribution < -0.4 is 4.74 Å². The van der Waals surface area contributed by atoms with Gasteiger partial charge in [-0.25, -0.2) is 0 Å². The fraction of sp³-hybridized carbons (Fsp3) is 0.118. The number of aromatic nitrogens is 1. The predicted octanol–water partition coefficient (Wildman–Crippen LogP) is 3.35. The number of ether oxygens (including phenoxy) is 1. The van der Waals surface area contributed by atoms with E-state index in [9.17, 15) is 5.11 Å². The van der Waals surface area contributed by atoms with E-state index in [1.807, 2.05) is 60.7 Å². The van der Waals surface area contributed by atoms with Crippen LogP contribution in [0.15, 0.2) is 66.9 Å². The maximum Gasteiger partial charge on any atom is 0.119 e. The largest absolute Gasteiger partial charge is 0.491 e. The molecule has 3 nitrogen and oxygen atoms in total. The number of aliphatic hydroxyl groups excluding tert-OH is 1. The molecule has 1 aromatic heterocycles. The smallest absolute Gasteiger partial charge is 0.119 e. The van der Waals surface area contributed by atoms with Crippen LogP contribution >= 0.6 is 0 Å². The van der Waals surface area contributed by atoms with Gasteiger partial charge in [-0.15, -0.1) is 0 Å². The first-order valence-electron chi connectivity index (χ1n) is 6.54. The Morgan fingerprint density at radius 3 is 2.60 bits per heavy atom. The Labute approximate surface area is 117 Å². The van der Waals surface area contributed by atoms with Crippen LogP contribution in [0, 0.1) is 0 Å². The molecule has 0 aliphatic rings. The van der Waals surface area contributed by atoms with Gasteiger partial charge in [0.25, 0.3) is 0 Å². The van der Waals surface area contributed by atoms with Crippen LogP contribution in [0.25, 0.3) is 10.9 Å². The minimum absolute atomic E-state index is 0.208. The SMILES string of the molecule is OC(COc1ccccc1)c1cccc2cccnc12. The van der Waals surface area contributed by atoms with Crippen molar-refractivity contribution in [1.29, 1.82) is 0 Å². The Morgan fingerprint density at radius 1 is 0.950 bits per heavy atom. The Hall–Kier alpha value is -2.39. The van der Waals surface area contributed by atoms with E-state index in [4.69, 9.17) is 4.74 Å². The first-order chi connectivity index (χ1) is 9.84. The van der Waals surface area contributed by atoms with Crippen molar-refractivity contribution in [2.75, 3.05) is 6.61 Å². The lowest BCUT2D eigenvalue weighted by Gasteiger charge is -2.14. The summed E-state index contributed by atoms with van der Waals surface area (Å²) in [5.41, 5.74) is 1.61. The van der Waals surface area contributed by atoms with Gasteiger partial charge in [-0.3, -0.25) is 4.98 Å². The summed E-state index contributed by atoms with van der Waals surface area (Å²) in [7, 11) is 0. The van der Waals surface area contributed by atoms with Crippen molar-refractivity contribution in [1.82, 2.24) is 4.98 Å². The third-order valence-corrected chi connectivity index (χ3v) is 3.17. The van der Waals surface area contributed by atoms with Gasteiger partial charge in [-0.1, -0.05) is 42.5 Å². The zero-order valence-electron chi connectivity index (χ0n) is 10.9. The lowest BCUT2D eigenvalue weighted by atomic mass is 10.1. The number of aliphatic hydroxyl groups is 1. The first-order valence-corrected chi connectivity index (χ1v) is 6.54. The van der Waals surface area contributed by atoms with Crippen LogP contribution in [-0.4, -0.2) is 16.7 Å². The Morgan fingerprint density at radius 2 is 1.75 bits per heavy atom. The molecule has 1 heterocycles. The van der Waals surface area contributed by atoms with Crippen LogP contribution in [0.5, 0.6) is 5.75 Å². The van der Waals surface area contributed by atoms with Crippen molar-refractivity contribution in [3.63, 3.8) is 0 Å². The Bertz CT molecular complexity index is 692. The number of fused-ring (bicyclic) bond motifs is 1. The topological polar surface area (TPSA) is 42.4 Å². The number of hydrogen-bond donors (Lipinski definition) is 1. The van der Waals surface area contributed by atoms with Crippen molar-refractivity contribution < 1.29 is 9.84 Å². The number of benzene rings is 2. The van der Waals surface area contributed by atoms with Crippen LogP contribution in [-0.2, 0) is 0 Å². The summed E-state index contributed by atoms with van der Waals surface area (Å²) in [6.07, 6.45) is 1.03. The van der Waals surface area contributed by atoms with E-state index in [0.717, 1.165) is 22.2 Å². The monoisotopic (exact) mass is 265 g/mol. The van der Waals surface area contributed by atoms with Crippen LogP contribution in [0.2, 0.25) is 0 Å². The number of para-hydroxylation sites is 2. The van der Waals surface area contributed by atoms with Crippen molar-refractivity contribution in [3.8, 4) is 5.75 Å². The van der Waals surface area contributed by atoms with Gasteiger partial charge in [0, 0.05) is 17.1 Å². The van der Waals surface area contributed by atoms with E-state index in [2.05, 4.69) is 4.98 Å². The van der Waals surface area contributed by atoms with Crippen LogP contribution in [0.3, 0.4) is 0 Å². The fourth-order valence-corrected chi connectivity index (χ4v) is 2.18. The lowest BCUT2D eigenvalue weighted by molar-refractivity contribution is 0.109. The zero-order chi connectivity index (χ0) is 13.8. The number of nitrogens with zero attached hydrogens (tertiary/aromatic N) is 1. The molecule has 0 radical (unpaired) electrons. The van der Waals surface area contributed by atoms with Gasteiger partial charge >= 0.3 is 0 Å². The van der Waals surface area contributed by atoms with E-state index >= 15 is 0 Å². The number of rotatable bonds is 4. The average molecular weight is 265 g/mol. The molecule has 3 aromatic rings. The molecule has 0 fully saturated rings. The van der Waals surface area contributed by atoms with Gasteiger partial charge in [-0.2, -0.15) is 0 Å². The quantitative estimate of drug-likeness (QED) is 0.786. The second kappa shape index (κ2) is 5.72. The summed E-state index contributed by atoms with van der Waals surface area (Å²) >= 11 is 0. The fourth-order valence-electron chi connectivity index (χ4n) is 2.18. The molecule has 2 aromatic carbocycles. The summed E-state index contributed by atoms with van der Waals surface area (Å²) in [6, 6.07) is 19.1. The Balaban J connectivity index is 1.80. The highest BCUT2D eigenvalue weighted by molar-refractivity contribution is 5.81. The maximum atomic E-state index is 10.3. The summed E-state index contributed by atoms with van der Waals surface area (Å²) in [5.74, 6) is 0.750. The molecule has 1 atom stereocenters. The molecular formula is C17H15NO2. The van der Waals surface area contributed by atoms with Crippen molar-refractivity contribution in [2.45, 2.75) is 6.10 Å². The first kappa shape index (κ1) is 12.6. The highest BCUT2D eigenvalue weighted by Gasteiger charge is 2.12. The van der Waals surface area contributed by atoms with Crippen molar-refractivity contribution >= 4 is 10.9 Å². The van der Waals surface area contributed by atoms with E-state index in [0.29, 0.717) is 0 Å². The molecular weight excluding hydrogens is 250 g/mol. The molecule has 100 valence electrons. The maximum absolute atomic E-state index is 10.3. The number of pyridine rings is 1. The van der Waals surface area contributed by atoms with Gasteiger partial charge in [0.1, 0.15) is 18.5 Å². The minimum Gasteiger partial charge on any atom is -0.491 e. The summed E-state index contributed by atoms with van der Waals surface area (Å²) in [6.45, 7) is 0.208. The third kappa shape index (κ3) is 2.63. The summed E-state index contributed by atoms with van der Waals surface area (Å²) in [5, 5.41) is 11.3. The molecule has 3 rings (SSSR count). The molecule has 1 N–H and O–H groups in total. The molecule has 3 heteroatoms. The predicted molar refractivity (Wildman–Crippen MR) is 78.6 cm³/mol. The second-order valence-electron chi connectivity index (χ2n) is 4.56. The molecule has 0 aliphatic heterocycles. The van der Waals surface area contributed by atoms with E-state index in [1.165, 1.54) is 0 Å². The van der Waals surface area contributed by atoms with E-state index in [1.54, 1.807) is 6.20 Å². The van der Waals surface area contributed by atoms with Gasteiger partial charge in [-0.05, 0) is 18.2 Å². The highest BCUT2D eigenvalue weighted by Crippen LogP contribution is 2.23.